The Morgan fingerprint density at radius 1 is 0.903 bits per heavy atom. The lowest BCUT2D eigenvalue weighted by Gasteiger charge is -2.11. The first-order valence-electron chi connectivity index (χ1n) is 9.31. The number of benzene rings is 2. The first-order chi connectivity index (χ1) is 15.0. The van der Waals surface area contributed by atoms with Crippen molar-refractivity contribution in [2.24, 2.45) is 0 Å². The van der Waals surface area contributed by atoms with Gasteiger partial charge >= 0.3 is 0 Å². The molecule has 2 aromatic carbocycles. The molecule has 3 rings (SSSR count). The van der Waals surface area contributed by atoms with Crippen LogP contribution in [0.2, 0.25) is 5.02 Å². The molecule has 1 aromatic heterocycles. The van der Waals surface area contributed by atoms with Crippen molar-refractivity contribution in [2.45, 2.75) is 17.3 Å². The SMILES string of the molecule is COc1cc(CSc2nc(Cc3ccc(OC)c(OC)c3)c(Cl)c(=O)[nH]2)cc(OC)c1. The fraction of sp³-hybridized carbons (Fsp3) is 0.273. The molecule has 0 atom stereocenters. The summed E-state index contributed by atoms with van der Waals surface area (Å²) in [6.45, 7) is 0. The third-order valence-electron chi connectivity index (χ3n) is 4.52. The predicted octanol–water partition coefficient (Wildman–Crippen LogP) is 4.34. The number of thioether (sulfide) groups is 1. The number of H-pyrrole nitrogens is 1. The number of nitrogens with one attached hydrogen (secondary N) is 1. The van der Waals surface area contributed by atoms with Crippen molar-refractivity contribution in [3.63, 3.8) is 0 Å². The molecule has 7 nitrogen and oxygen atoms in total. The minimum atomic E-state index is -0.377. The molecular weight excluding hydrogens is 440 g/mol. The zero-order chi connectivity index (χ0) is 22.4. The van der Waals surface area contributed by atoms with E-state index < -0.39 is 0 Å². The van der Waals surface area contributed by atoms with E-state index in [4.69, 9.17) is 30.5 Å². The average Bonchev–Trinajstić information content (AvgIpc) is 2.80. The van der Waals surface area contributed by atoms with Crippen LogP contribution in [0.3, 0.4) is 0 Å². The maximum Gasteiger partial charge on any atom is 0.270 e. The van der Waals surface area contributed by atoms with Gasteiger partial charge in [-0.15, -0.1) is 0 Å². The summed E-state index contributed by atoms with van der Waals surface area (Å²) < 4.78 is 21.2. The summed E-state index contributed by atoms with van der Waals surface area (Å²) in [5, 5.41) is 0.550. The zero-order valence-corrected chi connectivity index (χ0v) is 19.2. The third-order valence-corrected chi connectivity index (χ3v) is 5.85. The highest BCUT2D eigenvalue weighted by atomic mass is 35.5. The Kier molecular flexibility index (Phi) is 7.70. The van der Waals surface area contributed by atoms with Crippen LogP contribution in [0, 0.1) is 0 Å². The van der Waals surface area contributed by atoms with Gasteiger partial charge in [0.05, 0.1) is 34.1 Å². The molecule has 1 N–H and O–H groups in total. The largest absolute Gasteiger partial charge is 0.497 e. The third kappa shape index (κ3) is 5.65. The van der Waals surface area contributed by atoms with Gasteiger partial charge in [-0.05, 0) is 35.4 Å². The maximum atomic E-state index is 12.4. The maximum absolute atomic E-state index is 12.4. The van der Waals surface area contributed by atoms with Gasteiger partial charge in [0.15, 0.2) is 16.7 Å². The highest BCUT2D eigenvalue weighted by Crippen LogP contribution is 2.30. The molecule has 0 saturated carbocycles. The van der Waals surface area contributed by atoms with E-state index in [1.807, 2.05) is 24.3 Å². The summed E-state index contributed by atoms with van der Waals surface area (Å²) in [5.41, 5.74) is 1.98. The number of hydrogen-bond acceptors (Lipinski definition) is 7. The number of nitrogens with zero attached hydrogens (tertiary/aromatic N) is 1. The molecule has 0 spiro atoms. The summed E-state index contributed by atoms with van der Waals surface area (Å²) >= 11 is 7.63. The minimum absolute atomic E-state index is 0.0715. The van der Waals surface area contributed by atoms with E-state index in [1.54, 1.807) is 40.6 Å². The van der Waals surface area contributed by atoms with Crippen LogP contribution in [0.25, 0.3) is 0 Å². The molecule has 0 radical (unpaired) electrons. The second kappa shape index (κ2) is 10.5. The fourth-order valence-corrected chi connectivity index (χ4v) is 3.92. The lowest BCUT2D eigenvalue weighted by molar-refractivity contribution is 0.354. The van der Waals surface area contributed by atoms with Crippen LogP contribution in [0.1, 0.15) is 16.8 Å². The molecule has 0 aliphatic heterocycles. The molecular formula is C22H23ClN2O5S. The number of halogens is 1. The Bertz CT molecular complexity index is 1100. The average molecular weight is 463 g/mol. The van der Waals surface area contributed by atoms with Gasteiger partial charge in [0, 0.05) is 18.2 Å². The van der Waals surface area contributed by atoms with Crippen molar-refractivity contribution >= 4 is 23.4 Å². The number of aromatic amines is 1. The van der Waals surface area contributed by atoms with Gasteiger partial charge in [0.1, 0.15) is 16.5 Å². The number of methoxy groups -OCH3 is 4. The molecule has 0 aliphatic carbocycles. The van der Waals surface area contributed by atoms with Crippen LogP contribution in [0.15, 0.2) is 46.3 Å². The molecule has 164 valence electrons. The van der Waals surface area contributed by atoms with E-state index in [-0.39, 0.29) is 10.6 Å². The Balaban J connectivity index is 1.82. The molecule has 0 fully saturated rings. The van der Waals surface area contributed by atoms with Crippen molar-refractivity contribution in [1.82, 2.24) is 9.97 Å². The van der Waals surface area contributed by atoms with E-state index in [9.17, 15) is 4.79 Å². The lowest BCUT2D eigenvalue weighted by Crippen LogP contribution is -2.13. The van der Waals surface area contributed by atoms with Crippen molar-refractivity contribution in [3.05, 3.63) is 68.6 Å². The number of aromatic nitrogens is 2. The van der Waals surface area contributed by atoms with Gasteiger partial charge < -0.3 is 23.9 Å². The molecule has 0 unspecified atom stereocenters. The van der Waals surface area contributed by atoms with Crippen LogP contribution in [-0.2, 0) is 12.2 Å². The summed E-state index contributed by atoms with van der Waals surface area (Å²) in [6, 6.07) is 11.2. The zero-order valence-electron chi connectivity index (χ0n) is 17.7. The van der Waals surface area contributed by atoms with Crippen molar-refractivity contribution in [1.29, 1.82) is 0 Å². The van der Waals surface area contributed by atoms with Gasteiger partial charge in [0.2, 0.25) is 0 Å². The Labute approximate surface area is 189 Å². The van der Waals surface area contributed by atoms with Crippen molar-refractivity contribution in [3.8, 4) is 23.0 Å². The Hall–Kier alpha value is -2.84. The highest BCUT2D eigenvalue weighted by molar-refractivity contribution is 7.98. The monoisotopic (exact) mass is 462 g/mol. The summed E-state index contributed by atoms with van der Waals surface area (Å²) in [6.07, 6.45) is 0.379. The van der Waals surface area contributed by atoms with Gasteiger partial charge in [0.25, 0.3) is 5.56 Å². The van der Waals surface area contributed by atoms with Crippen LogP contribution < -0.4 is 24.5 Å². The van der Waals surface area contributed by atoms with E-state index in [1.165, 1.54) is 11.8 Å². The smallest absolute Gasteiger partial charge is 0.270 e. The van der Waals surface area contributed by atoms with Crippen LogP contribution in [-0.4, -0.2) is 38.4 Å². The quantitative estimate of drug-likeness (QED) is 0.374. The molecule has 31 heavy (non-hydrogen) atoms. The van der Waals surface area contributed by atoms with Crippen LogP contribution >= 0.6 is 23.4 Å². The van der Waals surface area contributed by atoms with Gasteiger partial charge in [-0.25, -0.2) is 4.98 Å². The predicted molar refractivity (Wildman–Crippen MR) is 121 cm³/mol. The second-order valence-electron chi connectivity index (χ2n) is 6.51. The molecule has 9 heteroatoms. The van der Waals surface area contributed by atoms with E-state index in [0.717, 1.165) is 11.1 Å². The molecule has 0 aliphatic rings. The summed E-state index contributed by atoms with van der Waals surface area (Å²) in [5.74, 6) is 3.18. The fourth-order valence-electron chi connectivity index (χ4n) is 2.95. The topological polar surface area (TPSA) is 82.7 Å². The first kappa shape index (κ1) is 22.8. The standard InChI is InChI=1S/C22H23ClN2O5S/c1-27-15-7-14(8-16(11-15)28-2)12-31-22-24-17(20(23)21(26)25-22)9-13-5-6-18(29-3)19(10-13)30-4/h5-8,10-11H,9,12H2,1-4H3,(H,24,25,26). The molecule has 0 saturated heterocycles. The lowest BCUT2D eigenvalue weighted by atomic mass is 10.1. The van der Waals surface area contributed by atoms with Gasteiger partial charge in [-0.1, -0.05) is 29.4 Å². The molecule has 1 heterocycles. The Morgan fingerprint density at radius 3 is 2.19 bits per heavy atom. The normalized spacial score (nSPS) is 10.6. The number of ether oxygens (including phenoxy) is 4. The van der Waals surface area contributed by atoms with Gasteiger partial charge in [-0.3, -0.25) is 4.79 Å². The molecule has 0 bridgehead atoms. The molecule has 3 aromatic rings. The van der Waals surface area contributed by atoms with Crippen LogP contribution in [0.5, 0.6) is 23.0 Å². The van der Waals surface area contributed by atoms with E-state index >= 15 is 0 Å². The highest BCUT2D eigenvalue weighted by Gasteiger charge is 2.13. The van der Waals surface area contributed by atoms with Gasteiger partial charge in [-0.2, -0.15) is 0 Å². The summed E-state index contributed by atoms with van der Waals surface area (Å²) in [7, 11) is 6.35. The Morgan fingerprint density at radius 2 is 1.58 bits per heavy atom. The van der Waals surface area contributed by atoms with E-state index in [2.05, 4.69) is 9.97 Å². The number of hydrogen-bond donors (Lipinski definition) is 1. The van der Waals surface area contributed by atoms with Crippen molar-refractivity contribution in [2.75, 3.05) is 28.4 Å². The van der Waals surface area contributed by atoms with Crippen molar-refractivity contribution < 1.29 is 18.9 Å². The molecule has 0 amide bonds. The first-order valence-corrected chi connectivity index (χ1v) is 10.7. The second-order valence-corrected chi connectivity index (χ2v) is 7.85. The minimum Gasteiger partial charge on any atom is -0.497 e. The van der Waals surface area contributed by atoms with Crippen LogP contribution in [0.4, 0.5) is 0 Å². The summed E-state index contributed by atoms with van der Waals surface area (Å²) in [4.78, 5) is 19.7. The number of rotatable bonds is 9. The van der Waals surface area contributed by atoms with E-state index in [0.29, 0.717) is 46.0 Å².